The summed E-state index contributed by atoms with van der Waals surface area (Å²) in [6.45, 7) is 5.42. The molecule has 2 heterocycles. The first kappa shape index (κ1) is 17.2. The van der Waals surface area contributed by atoms with Gasteiger partial charge in [0, 0.05) is 13.1 Å². The third-order valence-electron chi connectivity index (χ3n) is 5.11. The van der Waals surface area contributed by atoms with Crippen LogP contribution in [0.2, 0.25) is 0 Å². The zero-order valence-electron chi connectivity index (χ0n) is 15.6. The molecule has 0 fully saturated rings. The number of benzene rings is 2. The van der Waals surface area contributed by atoms with E-state index in [4.69, 9.17) is 0 Å². The van der Waals surface area contributed by atoms with Gasteiger partial charge in [-0.3, -0.25) is 4.79 Å². The van der Waals surface area contributed by atoms with Crippen LogP contribution < -0.4 is 0 Å². The Morgan fingerprint density at radius 2 is 1.85 bits per heavy atom. The van der Waals surface area contributed by atoms with E-state index in [2.05, 4.69) is 42.4 Å². The topological polar surface area (TPSA) is 51.0 Å². The van der Waals surface area contributed by atoms with Crippen LogP contribution >= 0.6 is 0 Å². The predicted octanol–water partition coefficient (Wildman–Crippen LogP) is 3.81. The van der Waals surface area contributed by atoms with E-state index >= 15 is 0 Å². The molecule has 0 unspecified atom stereocenters. The third kappa shape index (κ3) is 3.53. The third-order valence-corrected chi connectivity index (χ3v) is 5.11. The number of aromatic nitrogens is 3. The fourth-order valence-corrected chi connectivity index (χ4v) is 3.29. The Bertz CT molecular complexity index is 1000. The van der Waals surface area contributed by atoms with Crippen molar-refractivity contribution < 1.29 is 4.79 Å². The molecule has 0 saturated heterocycles. The number of amides is 1. The highest BCUT2D eigenvalue weighted by atomic mass is 16.2. The molecule has 27 heavy (non-hydrogen) atoms. The largest absolute Gasteiger partial charge is 0.333 e. The van der Waals surface area contributed by atoms with E-state index in [9.17, 15) is 4.79 Å². The molecule has 3 aromatic rings. The minimum atomic E-state index is -0.0755. The highest BCUT2D eigenvalue weighted by Gasteiger charge is 2.22. The summed E-state index contributed by atoms with van der Waals surface area (Å²) in [7, 11) is 0. The SMILES string of the molecule is Cc1ccc(-n2cc(C(=O)N3CC=C(c4ccccc4)CC3)nn2)cc1C. The van der Waals surface area contributed by atoms with E-state index < -0.39 is 0 Å². The van der Waals surface area contributed by atoms with Gasteiger partial charge < -0.3 is 4.90 Å². The van der Waals surface area contributed by atoms with Crippen LogP contribution in [0.4, 0.5) is 0 Å². The van der Waals surface area contributed by atoms with Gasteiger partial charge in [0.1, 0.15) is 0 Å². The van der Waals surface area contributed by atoms with Gasteiger partial charge >= 0.3 is 0 Å². The Balaban J connectivity index is 1.49. The average molecular weight is 358 g/mol. The average Bonchev–Trinajstić information content (AvgIpc) is 3.20. The van der Waals surface area contributed by atoms with Crippen molar-refractivity contribution in [1.82, 2.24) is 19.9 Å². The molecular formula is C22H22N4O. The summed E-state index contributed by atoms with van der Waals surface area (Å²) in [5, 5.41) is 8.24. The number of carbonyl (C=O) groups excluding carboxylic acids is 1. The van der Waals surface area contributed by atoms with Crippen LogP contribution in [-0.4, -0.2) is 38.9 Å². The maximum atomic E-state index is 12.8. The van der Waals surface area contributed by atoms with E-state index in [1.165, 1.54) is 22.3 Å². The highest BCUT2D eigenvalue weighted by molar-refractivity contribution is 5.92. The van der Waals surface area contributed by atoms with Crippen LogP contribution in [-0.2, 0) is 0 Å². The lowest BCUT2D eigenvalue weighted by molar-refractivity contribution is 0.0767. The molecule has 0 spiro atoms. The van der Waals surface area contributed by atoms with Crippen molar-refractivity contribution in [3.63, 3.8) is 0 Å². The van der Waals surface area contributed by atoms with Gasteiger partial charge in [0.2, 0.25) is 0 Å². The molecule has 136 valence electrons. The van der Waals surface area contributed by atoms with Gasteiger partial charge in [0.05, 0.1) is 11.9 Å². The van der Waals surface area contributed by atoms with Crippen molar-refractivity contribution in [2.24, 2.45) is 0 Å². The maximum Gasteiger partial charge on any atom is 0.276 e. The van der Waals surface area contributed by atoms with E-state index in [0.29, 0.717) is 18.8 Å². The molecule has 1 aromatic heterocycles. The van der Waals surface area contributed by atoms with Gasteiger partial charge in [-0.1, -0.05) is 47.7 Å². The predicted molar refractivity (Wildman–Crippen MR) is 106 cm³/mol. The van der Waals surface area contributed by atoms with Gasteiger partial charge in [-0.25, -0.2) is 4.68 Å². The number of hydrogen-bond acceptors (Lipinski definition) is 3. The van der Waals surface area contributed by atoms with E-state index in [-0.39, 0.29) is 5.91 Å². The summed E-state index contributed by atoms with van der Waals surface area (Å²) >= 11 is 0. The van der Waals surface area contributed by atoms with Crippen molar-refractivity contribution in [2.45, 2.75) is 20.3 Å². The summed E-state index contributed by atoms with van der Waals surface area (Å²) in [5.74, 6) is -0.0755. The van der Waals surface area contributed by atoms with Crippen molar-refractivity contribution in [3.05, 3.63) is 83.2 Å². The van der Waals surface area contributed by atoms with E-state index in [1.54, 1.807) is 10.9 Å². The molecule has 0 atom stereocenters. The summed E-state index contributed by atoms with van der Waals surface area (Å²) in [6, 6.07) is 16.4. The van der Waals surface area contributed by atoms with Crippen LogP contribution in [0.1, 0.15) is 33.6 Å². The summed E-state index contributed by atoms with van der Waals surface area (Å²) in [5.41, 5.74) is 6.22. The van der Waals surface area contributed by atoms with Gasteiger partial charge in [0.25, 0.3) is 5.91 Å². The number of rotatable bonds is 3. The van der Waals surface area contributed by atoms with Gasteiger partial charge in [-0.05, 0) is 54.7 Å². The molecule has 0 radical (unpaired) electrons. The summed E-state index contributed by atoms with van der Waals surface area (Å²) in [6.07, 6.45) is 4.69. The first-order valence-electron chi connectivity index (χ1n) is 9.15. The van der Waals surface area contributed by atoms with Crippen LogP contribution in [0.3, 0.4) is 0 Å². The monoisotopic (exact) mass is 358 g/mol. The Hall–Kier alpha value is -3.21. The molecule has 1 aliphatic heterocycles. The molecule has 0 bridgehead atoms. The lowest BCUT2D eigenvalue weighted by Gasteiger charge is -2.25. The lowest BCUT2D eigenvalue weighted by Crippen LogP contribution is -2.34. The molecular weight excluding hydrogens is 336 g/mol. The minimum absolute atomic E-state index is 0.0755. The number of nitrogens with zero attached hydrogens (tertiary/aromatic N) is 4. The fourth-order valence-electron chi connectivity index (χ4n) is 3.29. The van der Waals surface area contributed by atoms with E-state index in [0.717, 1.165) is 12.1 Å². The first-order valence-corrected chi connectivity index (χ1v) is 9.15. The second kappa shape index (κ2) is 7.19. The zero-order valence-corrected chi connectivity index (χ0v) is 15.6. The maximum absolute atomic E-state index is 12.8. The van der Waals surface area contributed by atoms with Gasteiger partial charge in [0.15, 0.2) is 5.69 Å². The summed E-state index contributed by atoms with van der Waals surface area (Å²) in [4.78, 5) is 14.6. The second-order valence-electron chi connectivity index (χ2n) is 6.91. The number of carbonyl (C=O) groups is 1. The zero-order chi connectivity index (χ0) is 18.8. The Labute approximate surface area is 158 Å². The molecule has 2 aromatic carbocycles. The van der Waals surface area contributed by atoms with Crippen LogP contribution in [0.25, 0.3) is 11.3 Å². The van der Waals surface area contributed by atoms with Gasteiger partial charge in [-0.2, -0.15) is 0 Å². The summed E-state index contributed by atoms with van der Waals surface area (Å²) < 4.78 is 1.66. The smallest absolute Gasteiger partial charge is 0.276 e. The standard InChI is InChI=1S/C22H22N4O/c1-16-8-9-20(14-17(16)2)26-15-21(23-24-26)22(27)25-12-10-19(11-13-25)18-6-4-3-5-7-18/h3-10,14-15H,11-13H2,1-2H3. The van der Waals surface area contributed by atoms with Crippen molar-refractivity contribution in [2.75, 3.05) is 13.1 Å². The lowest BCUT2D eigenvalue weighted by atomic mass is 9.99. The van der Waals surface area contributed by atoms with Crippen molar-refractivity contribution in [1.29, 1.82) is 0 Å². The Morgan fingerprint density at radius 1 is 1.04 bits per heavy atom. The van der Waals surface area contributed by atoms with Gasteiger partial charge in [-0.15, -0.1) is 5.10 Å². The van der Waals surface area contributed by atoms with Crippen LogP contribution in [0, 0.1) is 13.8 Å². The number of hydrogen-bond donors (Lipinski definition) is 0. The van der Waals surface area contributed by atoms with Crippen molar-refractivity contribution in [3.8, 4) is 5.69 Å². The quantitative estimate of drug-likeness (QED) is 0.715. The second-order valence-corrected chi connectivity index (χ2v) is 6.91. The molecule has 0 saturated carbocycles. The molecule has 5 nitrogen and oxygen atoms in total. The normalized spacial score (nSPS) is 14.1. The molecule has 5 heteroatoms. The highest BCUT2D eigenvalue weighted by Crippen LogP contribution is 2.23. The Morgan fingerprint density at radius 3 is 2.56 bits per heavy atom. The minimum Gasteiger partial charge on any atom is -0.333 e. The molecule has 4 rings (SSSR count). The molecule has 1 aliphatic rings. The van der Waals surface area contributed by atoms with Crippen molar-refractivity contribution >= 4 is 11.5 Å². The first-order chi connectivity index (χ1) is 13.1. The molecule has 0 aliphatic carbocycles. The molecule has 1 amide bonds. The molecule has 0 N–H and O–H groups in total. The van der Waals surface area contributed by atoms with Crippen LogP contribution in [0.5, 0.6) is 0 Å². The van der Waals surface area contributed by atoms with E-state index in [1.807, 2.05) is 41.3 Å². The number of aryl methyl sites for hydroxylation is 2. The van der Waals surface area contributed by atoms with Crippen LogP contribution in [0.15, 0.2) is 60.8 Å². The Kier molecular flexibility index (Phi) is 4.59. The fraction of sp³-hybridized carbons (Fsp3) is 0.227.